The Morgan fingerprint density at radius 1 is 1.17 bits per heavy atom. The number of carbonyl (C=O) groups is 1. The number of hydrogen-bond donors (Lipinski definition) is 1. The Labute approximate surface area is 176 Å². The van der Waals surface area contributed by atoms with Crippen LogP contribution < -0.4 is 9.62 Å². The molecule has 1 heterocycles. The topological polar surface area (TPSA) is 75.7 Å². The summed E-state index contributed by atoms with van der Waals surface area (Å²) < 4.78 is 46.4. The molecule has 0 radical (unpaired) electrons. The van der Waals surface area contributed by atoms with Crippen molar-refractivity contribution in [3.63, 3.8) is 0 Å². The Morgan fingerprint density at radius 3 is 2.41 bits per heavy atom. The molecule has 1 aliphatic heterocycles. The molecule has 0 aliphatic carbocycles. The average molecular weight is 443 g/mol. The van der Waals surface area contributed by atoms with Gasteiger partial charge >= 0.3 is 5.97 Å². The van der Waals surface area contributed by atoms with Crippen LogP contribution in [0.4, 0.5) is 10.1 Å². The molecule has 0 aromatic heterocycles. The predicted molar refractivity (Wildman–Crippen MR) is 112 cm³/mol. The molecule has 158 valence electrons. The van der Waals surface area contributed by atoms with Crippen LogP contribution in [0.15, 0.2) is 48.5 Å². The molecule has 1 aliphatic rings. The summed E-state index contributed by atoms with van der Waals surface area (Å²) in [4.78, 5) is 13.6. The van der Waals surface area contributed by atoms with Crippen LogP contribution in [0.2, 0.25) is 0 Å². The van der Waals surface area contributed by atoms with Crippen LogP contribution in [-0.4, -0.2) is 39.8 Å². The first kappa shape index (κ1) is 23.1. The number of hydrogen-bond acceptors (Lipinski definition) is 5. The number of anilines is 1. The highest BCUT2D eigenvalue weighted by molar-refractivity contribution is 7.90. The van der Waals surface area contributed by atoms with E-state index in [1.54, 1.807) is 0 Å². The zero-order valence-electron chi connectivity index (χ0n) is 16.0. The molecule has 0 amide bonds. The highest BCUT2D eigenvalue weighted by atomic mass is 35.5. The fraction of sp³-hybridized carbons (Fsp3) is 0.350. The third-order valence-corrected chi connectivity index (χ3v) is 6.84. The molecule has 0 saturated carbocycles. The van der Waals surface area contributed by atoms with Gasteiger partial charge in [-0.2, -0.15) is 0 Å². The number of halogens is 2. The Balaban J connectivity index is 0.00000300. The van der Waals surface area contributed by atoms with Crippen LogP contribution >= 0.6 is 12.4 Å². The van der Waals surface area contributed by atoms with Gasteiger partial charge in [-0.3, -0.25) is 0 Å². The standard InChI is InChI=1S/C20H23FN2O4S.ClH/c1-27-20(24)15-7-8-16(19(21)13-15)14-22-28(25,26)18-9-11-23(12-10-18)17-5-3-2-4-6-17;/h2-8,13,18,22H,9-12,14H2,1H3;1H. The summed E-state index contributed by atoms with van der Waals surface area (Å²) in [5.41, 5.74) is 1.34. The van der Waals surface area contributed by atoms with Crippen molar-refractivity contribution in [1.82, 2.24) is 4.72 Å². The first-order valence-electron chi connectivity index (χ1n) is 9.06. The van der Waals surface area contributed by atoms with Gasteiger partial charge in [-0.15, -0.1) is 12.4 Å². The Bertz CT molecular complexity index is 933. The van der Waals surface area contributed by atoms with Gasteiger partial charge in [0, 0.05) is 30.9 Å². The van der Waals surface area contributed by atoms with E-state index < -0.39 is 27.1 Å². The zero-order chi connectivity index (χ0) is 20.1. The minimum absolute atomic E-state index is 0. The number of nitrogens with zero attached hydrogens (tertiary/aromatic N) is 1. The molecule has 29 heavy (non-hydrogen) atoms. The molecule has 0 spiro atoms. The van der Waals surface area contributed by atoms with Gasteiger partial charge in [-0.25, -0.2) is 22.3 Å². The molecule has 2 aromatic rings. The van der Waals surface area contributed by atoms with Crippen LogP contribution in [0.5, 0.6) is 0 Å². The number of methoxy groups -OCH3 is 1. The van der Waals surface area contributed by atoms with Gasteiger partial charge in [0.2, 0.25) is 10.0 Å². The molecular weight excluding hydrogens is 419 g/mol. The van der Waals surface area contributed by atoms with Gasteiger partial charge in [-0.1, -0.05) is 24.3 Å². The molecule has 9 heteroatoms. The van der Waals surface area contributed by atoms with Crippen molar-refractivity contribution in [2.45, 2.75) is 24.6 Å². The van der Waals surface area contributed by atoms with Crippen molar-refractivity contribution in [3.05, 3.63) is 65.5 Å². The third kappa shape index (κ3) is 5.68. The Morgan fingerprint density at radius 2 is 1.83 bits per heavy atom. The number of esters is 1. The number of piperidine rings is 1. The third-order valence-electron chi connectivity index (χ3n) is 4.94. The van der Waals surface area contributed by atoms with Gasteiger partial charge in [0.05, 0.1) is 17.9 Å². The fourth-order valence-corrected chi connectivity index (χ4v) is 4.72. The fourth-order valence-electron chi connectivity index (χ4n) is 3.29. The number of rotatable bonds is 6. The first-order chi connectivity index (χ1) is 13.4. The van der Waals surface area contributed by atoms with Crippen molar-refractivity contribution < 1.29 is 22.3 Å². The van der Waals surface area contributed by atoms with Crippen molar-refractivity contribution in [2.24, 2.45) is 0 Å². The minimum Gasteiger partial charge on any atom is -0.465 e. The van der Waals surface area contributed by atoms with E-state index in [0.29, 0.717) is 25.9 Å². The normalized spacial score (nSPS) is 14.9. The van der Waals surface area contributed by atoms with E-state index in [9.17, 15) is 17.6 Å². The lowest BCUT2D eigenvalue weighted by atomic mass is 10.1. The average Bonchev–Trinajstić information content (AvgIpc) is 2.73. The van der Waals surface area contributed by atoms with Gasteiger partial charge in [0.25, 0.3) is 0 Å². The minimum atomic E-state index is -3.57. The summed E-state index contributed by atoms with van der Waals surface area (Å²) in [5.74, 6) is -1.29. The zero-order valence-corrected chi connectivity index (χ0v) is 17.6. The largest absolute Gasteiger partial charge is 0.465 e. The monoisotopic (exact) mass is 442 g/mol. The summed E-state index contributed by atoms with van der Waals surface area (Å²) in [6.45, 7) is 1.14. The number of para-hydroxylation sites is 1. The smallest absolute Gasteiger partial charge is 0.337 e. The Hall–Kier alpha value is -2.16. The molecular formula is C20H24ClFN2O4S. The molecule has 2 aromatic carbocycles. The van der Waals surface area contributed by atoms with E-state index >= 15 is 0 Å². The molecule has 0 bridgehead atoms. The first-order valence-corrected chi connectivity index (χ1v) is 10.6. The van der Waals surface area contributed by atoms with Crippen molar-refractivity contribution >= 4 is 34.1 Å². The molecule has 3 rings (SSSR count). The summed E-state index contributed by atoms with van der Waals surface area (Å²) in [6, 6.07) is 13.7. The maximum Gasteiger partial charge on any atom is 0.337 e. The van der Waals surface area contributed by atoms with E-state index in [1.807, 2.05) is 30.3 Å². The van der Waals surface area contributed by atoms with Crippen LogP contribution in [-0.2, 0) is 21.3 Å². The molecule has 0 atom stereocenters. The number of sulfonamides is 1. The van der Waals surface area contributed by atoms with E-state index in [2.05, 4.69) is 14.4 Å². The summed E-state index contributed by atoms with van der Waals surface area (Å²) in [6.07, 6.45) is 1.02. The van der Waals surface area contributed by atoms with Crippen molar-refractivity contribution in [3.8, 4) is 0 Å². The number of carbonyl (C=O) groups excluding carboxylic acids is 1. The lowest BCUT2D eigenvalue weighted by Crippen LogP contribution is -2.43. The predicted octanol–water partition coefficient (Wildman–Crippen LogP) is 3.12. The van der Waals surface area contributed by atoms with Crippen LogP contribution in [0.25, 0.3) is 0 Å². The second kappa shape index (κ2) is 10.0. The number of ether oxygens (including phenoxy) is 1. The Kier molecular flexibility index (Phi) is 8.01. The van der Waals surface area contributed by atoms with Crippen LogP contribution in [0.3, 0.4) is 0 Å². The molecule has 1 saturated heterocycles. The maximum atomic E-state index is 14.2. The van der Waals surface area contributed by atoms with Gasteiger partial charge in [0.1, 0.15) is 5.82 Å². The maximum absolute atomic E-state index is 14.2. The molecule has 6 nitrogen and oxygen atoms in total. The SMILES string of the molecule is COC(=O)c1ccc(CNS(=O)(=O)C2CCN(c3ccccc3)CC2)c(F)c1.Cl. The highest BCUT2D eigenvalue weighted by Crippen LogP contribution is 2.23. The van der Waals surface area contributed by atoms with Gasteiger partial charge in [0.15, 0.2) is 0 Å². The van der Waals surface area contributed by atoms with E-state index in [4.69, 9.17) is 0 Å². The lowest BCUT2D eigenvalue weighted by Gasteiger charge is -2.33. The highest BCUT2D eigenvalue weighted by Gasteiger charge is 2.30. The van der Waals surface area contributed by atoms with E-state index in [1.165, 1.54) is 19.2 Å². The van der Waals surface area contributed by atoms with Gasteiger partial charge in [-0.05, 0) is 37.1 Å². The van der Waals surface area contributed by atoms with Gasteiger partial charge < -0.3 is 9.64 Å². The van der Waals surface area contributed by atoms with E-state index in [0.717, 1.165) is 11.8 Å². The second-order valence-electron chi connectivity index (χ2n) is 6.69. The van der Waals surface area contributed by atoms with Crippen LogP contribution in [0.1, 0.15) is 28.8 Å². The lowest BCUT2D eigenvalue weighted by molar-refractivity contribution is 0.0600. The number of nitrogens with one attached hydrogen (secondary N) is 1. The molecule has 0 unspecified atom stereocenters. The quantitative estimate of drug-likeness (QED) is 0.695. The van der Waals surface area contributed by atoms with Crippen molar-refractivity contribution in [1.29, 1.82) is 0 Å². The number of benzene rings is 2. The molecule has 1 fully saturated rings. The summed E-state index contributed by atoms with van der Waals surface area (Å²) in [5, 5.41) is -0.509. The summed E-state index contributed by atoms with van der Waals surface area (Å²) >= 11 is 0. The van der Waals surface area contributed by atoms with E-state index in [-0.39, 0.29) is 30.1 Å². The second-order valence-corrected chi connectivity index (χ2v) is 8.73. The summed E-state index contributed by atoms with van der Waals surface area (Å²) in [7, 11) is -2.36. The van der Waals surface area contributed by atoms with Crippen LogP contribution in [0, 0.1) is 5.82 Å². The molecule has 1 N–H and O–H groups in total. The van der Waals surface area contributed by atoms with Crippen molar-refractivity contribution in [2.75, 3.05) is 25.1 Å².